The number of aliphatic hydroxyl groups excluding tert-OH is 2. The molecule has 3 rings (SSSR count). The molecule has 0 radical (unpaired) electrons. The van der Waals surface area contributed by atoms with Gasteiger partial charge in [0.2, 0.25) is 0 Å². The third kappa shape index (κ3) is 2.23. The van der Waals surface area contributed by atoms with Crippen LogP contribution in [0.25, 0.3) is 0 Å². The number of hydrogen-bond acceptors (Lipinski definition) is 3. The maximum absolute atomic E-state index is 14.3. The average Bonchev–Trinajstić information content (AvgIpc) is 2.62. The van der Waals surface area contributed by atoms with Crippen molar-refractivity contribution in [3.05, 3.63) is 29.6 Å². The van der Waals surface area contributed by atoms with Gasteiger partial charge in [-0.25, -0.2) is 4.39 Å². The van der Waals surface area contributed by atoms with Crippen LogP contribution < -0.4 is 4.90 Å². The highest BCUT2D eigenvalue weighted by Crippen LogP contribution is 2.40. The van der Waals surface area contributed by atoms with Crippen molar-refractivity contribution in [3.8, 4) is 0 Å². The lowest BCUT2D eigenvalue weighted by Crippen LogP contribution is -2.45. The largest absolute Gasteiger partial charge is 0.393 e. The van der Waals surface area contributed by atoms with Crippen LogP contribution in [0.4, 0.5) is 10.1 Å². The maximum Gasteiger partial charge on any atom is 0.146 e. The summed E-state index contributed by atoms with van der Waals surface area (Å²) in [5.41, 5.74) is 1.22. The normalized spacial score (nSPS) is 31.6. The van der Waals surface area contributed by atoms with Crippen LogP contribution in [0.5, 0.6) is 0 Å². The van der Waals surface area contributed by atoms with Crippen LogP contribution in [0.1, 0.15) is 44.3 Å². The third-order valence-corrected chi connectivity index (χ3v) is 4.44. The van der Waals surface area contributed by atoms with Crippen molar-refractivity contribution in [3.63, 3.8) is 0 Å². The van der Waals surface area contributed by atoms with Gasteiger partial charge in [0, 0.05) is 12.1 Å². The third-order valence-electron chi connectivity index (χ3n) is 4.44. The Kier molecular flexibility index (Phi) is 3.23. The van der Waals surface area contributed by atoms with Crippen molar-refractivity contribution in [2.24, 2.45) is 0 Å². The summed E-state index contributed by atoms with van der Waals surface area (Å²) >= 11 is 0. The molecule has 2 N–H and O–H groups in total. The molecular weight excluding hydrogens is 245 g/mol. The maximum atomic E-state index is 14.3. The molecule has 2 heterocycles. The van der Waals surface area contributed by atoms with Crippen LogP contribution in [-0.2, 0) is 0 Å². The minimum Gasteiger partial charge on any atom is -0.393 e. The summed E-state index contributed by atoms with van der Waals surface area (Å²) < 4.78 is 14.3. The molecule has 0 aromatic heterocycles. The van der Waals surface area contributed by atoms with E-state index in [2.05, 4.69) is 4.90 Å². The molecule has 4 heteroatoms. The first-order valence-electron chi connectivity index (χ1n) is 7.00. The van der Waals surface area contributed by atoms with Gasteiger partial charge >= 0.3 is 0 Å². The molecule has 104 valence electrons. The number of benzene rings is 1. The van der Waals surface area contributed by atoms with Crippen LogP contribution in [0.15, 0.2) is 18.2 Å². The molecule has 2 unspecified atom stereocenters. The van der Waals surface area contributed by atoms with Gasteiger partial charge in [0.15, 0.2) is 0 Å². The number of aliphatic hydroxyl groups is 2. The molecule has 19 heavy (non-hydrogen) atoms. The molecule has 0 amide bonds. The highest BCUT2D eigenvalue weighted by molar-refractivity contribution is 5.53. The Morgan fingerprint density at radius 1 is 1.26 bits per heavy atom. The van der Waals surface area contributed by atoms with Crippen molar-refractivity contribution < 1.29 is 14.6 Å². The number of halogens is 1. The van der Waals surface area contributed by atoms with Gasteiger partial charge in [-0.05, 0) is 50.3 Å². The number of anilines is 1. The Labute approximate surface area is 112 Å². The summed E-state index contributed by atoms with van der Waals surface area (Å²) in [7, 11) is 0. The lowest BCUT2D eigenvalue weighted by molar-refractivity contribution is 0.126. The molecule has 0 saturated carbocycles. The van der Waals surface area contributed by atoms with E-state index in [9.17, 15) is 14.6 Å². The fourth-order valence-electron chi connectivity index (χ4n) is 3.53. The average molecular weight is 265 g/mol. The van der Waals surface area contributed by atoms with Crippen LogP contribution in [-0.4, -0.2) is 28.4 Å². The molecule has 2 saturated heterocycles. The second kappa shape index (κ2) is 4.76. The van der Waals surface area contributed by atoms with Crippen molar-refractivity contribution in [2.75, 3.05) is 4.90 Å². The Bertz CT molecular complexity index is 463. The highest BCUT2D eigenvalue weighted by atomic mass is 19.1. The summed E-state index contributed by atoms with van der Waals surface area (Å²) in [6.45, 7) is 1.63. The zero-order valence-electron chi connectivity index (χ0n) is 11.1. The molecule has 2 aliphatic rings. The van der Waals surface area contributed by atoms with Crippen molar-refractivity contribution in [2.45, 2.75) is 56.9 Å². The zero-order valence-corrected chi connectivity index (χ0v) is 11.1. The van der Waals surface area contributed by atoms with Crippen molar-refractivity contribution >= 4 is 5.69 Å². The van der Waals surface area contributed by atoms with Gasteiger partial charge in [-0.1, -0.05) is 6.07 Å². The zero-order chi connectivity index (χ0) is 13.6. The first-order chi connectivity index (χ1) is 9.06. The first-order valence-corrected chi connectivity index (χ1v) is 7.00. The standard InChI is InChI=1S/C15H20FNO2/c1-9(18)10-2-5-15(14(16)6-10)17-11-3-4-12(17)8-13(19)7-11/h2,5-6,9,11-13,18-19H,3-4,7-8H2,1H3/t9-,11?,12?,13?/m1/s1. The summed E-state index contributed by atoms with van der Waals surface area (Å²) in [6.07, 6.45) is 2.62. The van der Waals surface area contributed by atoms with Gasteiger partial charge in [-0.15, -0.1) is 0 Å². The van der Waals surface area contributed by atoms with E-state index in [1.54, 1.807) is 19.1 Å². The molecule has 1 aromatic rings. The lowest BCUT2D eigenvalue weighted by atomic mass is 9.98. The summed E-state index contributed by atoms with van der Waals surface area (Å²) in [5.74, 6) is -0.272. The Hall–Kier alpha value is -1.13. The smallest absolute Gasteiger partial charge is 0.146 e. The summed E-state index contributed by atoms with van der Waals surface area (Å²) in [4.78, 5) is 2.13. The predicted octanol–water partition coefficient (Wildman–Crippen LogP) is 2.37. The Balaban J connectivity index is 1.91. The van der Waals surface area contributed by atoms with Gasteiger partial charge in [-0.2, -0.15) is 0 Å². The SMILES string of the molecule is C[C@@H](O)c1ccc(N2C3CCC2CC(O)C3)c(F)c1. The second-order valence-electron chi connectivity index (χ2n) is 5.80. The molecule has 2 fully saturated rings. The monoisotopic (exact) mass is 265 g/mol. The van der Waals surface area contributed by atoms with Crippen molar-refractivity contribution in [1.82, 2.24) is 0 Å². The van der Waals surface area contributed by atoms with E-state index in [4.69, 9.17) is 0 Å². The van der Waals surface area contributed by atoms with Crippen LogP contribution in [0.3, 0.4) is 0 Å². The molecule has 2 aliphatic heterocycles. The predicted molar refractivity (Wildman–Crippen MR) is 71.6 cm³/mol. The van der Waals surface area contributed by atoms with Crippen LogP contribution in [0, 0.1) is 5.82 Å². The van der Waals surface area contributed by atoms with E-state index < -0.39 is 6.10 Å². The van der Waals surface area contributed by atoms with Gasteiger partial charge in [0.1, 0.15) is 5.82 Å². The first kappa shape index (κ1) is 12.9. The van der Waals surface area contributed by atoms with Crippen molar-refractivity contribution in [1.29, 1.82) is 0 Å². The fourth-order valence-corrected chi connectivity index (χ4v) is 3.53. The number of fused-ring (bicyclic) bond motifs is 2. The minimum absolute atomic E-state index is 0.242. The van der Waals surface area contributed by atoms with Crippen LogP contribution in [0.2, 0.25) is 0 Å². The molecular formula is C15H20FNO2. The number of piperidine rings is 1. The summed E-state index contributed by atoms with van der Waals surface area (Å²) in [6, 6.07) is 5.47. The summed E-state index contributed by atoms with van der Waals surface area (Å²) in [5, 5.41) is 19.3. The molecule has 0 aliphatic carbocycles. The minimum atomic E-state index is -0.650. The van der Waals surface area contributed by atoms with Gasteiger partial charge < -0.3 is 15.1 Å². The molecule has 3 nitrogen and oxygen atoms in total. The number of rotatable bonds is 2. The van der Waals surface area contributed by atoms with Crippen LogP contribution >= 0.6 is 0 Å². The van der Waals surface area contributed by atoms with Gasteiger partial charge in [0.05, 0.1) is 17.9 Å². The molecule has 3 atom stereocenters. The number of hydrogen-bond donors (Lipinski definition) is 2. The van der Waals surface area contributed by atoms with Gasteiger partial charge in [0.25, 0.3) is 0 Å². The fraction of sp³-hybridized carbons (Fsp3) is 0.600. The van der Waals surface area contributed by atoms with E-state index in [1.807, 2.05) is 0 Å². The van der Waals surface area contributed by atoms with E-state index in [1.165, 1.54) is 6.07 Å². The Morgan fingerprint density at radius 3 is 2.42 bits per heavy atom. The van der Waals surface area contributed by atoms with E-state index in [0.29, 0.717) is 11.3 Å². The van der Waals surface area contributed by atoms with Gasteiger partial charge in [-0.3, -0.25) is 0 Å². The quantitative estimate of drug-likeness (QED) is 0.863. The highest BCUT2D eigenvalue weighted by Gasteiger charge is 2.41. The van der Waals surface area contributed by atoms with E-state index in [0.717, 1.165) is 25.7 Å². The van der Waals surface area contributed by atoms with E-state index in [-0.39, 0.29) is 24.0 Å². The number of nitrogens with zero attached hydrogens (tertiary/aromatic N) is 1. The Morgan fingerprint density at radius 2 is 1.89 bits per heavy atom. The topological polar surface area (TPSA) is 43.7 Å². The molecule has 0 spiro atoms. The molecule has 1 aromatic carbocycles. The lowest BCUT2D eigenvalue weighted by Gasteiger charge is -2.39. The second-order valence-corrected chi connectivity index (χ2v) is 5.80. The molecule has 2 bridgehead atoms. The van der Waals surface area contributed by atoms with E-state index >= 15 is 0 Å².